The highest BCUT2D eigenvalue weighted by atomic mass is 32.1. The van der Waals surface area contributed by atoms with Crippen LogP contribution in [0, 0.1) is 6.92 Å². The zero-order chi connectivity index (χ0) is 11.4. The molecule has 0 saturated carbocycles. The van der Waals surface area contributed by atoms with E-state index in [4.69, 9.17) is 4.74 Å². The number of amides is 1. The Kier molecular flexibility index (Phi) is 3.90. The summed E-state index contributed by atoms with van der Waals surface area (Å²) in [5.41, 5.74) is 0.854. The molecular formula is C11H16N2O2S. The van der Waals surface area contributed by atoms with E-state index in [1.807, 2.05) is 12.3 Å². The number of nitrogens with one attached hydrogen (secondary N) is 1. The third kappa shape index (κ3) is 3.28. The first-order chi connectivity index (χ1) is 7.74. The van der Waals surface area contributed by atoms with Gasteiger partial charge in [0.2, 0.25) is 5.91 Å². The Balaban J connectivity index is 1.71. The van der Waals surface area contributed by atoms with Crippen molar-refractivity contribution in [2.75, 3.05) is 13.2 Å². The molecule has 0 aromatic carbocycles. The third-order valence-electron chi connectivity index (χ3n) is 2.56. The summed E-state index contributed by atoms with van der Waals surface area (Å²) >= 11 is 1.57. The van der Waals surface area contributed by atoms with Gasteiger partial charge in [0.15, 0.2) is 0 Å². The van der Waals surface area contributed by atoms with Gasteiger partial charge in [0, 0.05) is 18.5 Å². The molecule has 1 aromatic rings. The standard InChI is InChI=1S/C11H16N2O2S/c1-8-13-9(7-16-8)5-11(14)12-6-10-3-2-4-15-10/h7,10H,2-6H2,1H3,(H,12,14)/t10-/m0/s1. The van der Waals surface area contributed by atoms with Crippen molar-refractivity contribution in [1.29, 1.82) is 0 Å². The van der Waals surface area contributed by atoms with Gasteiger partial charge in [-0.3, -0.25) is 4.79 Å². The van der Waals surface area contributed by atoms with Crippen LogP contribution in [0.3, 0.4) is 0 Å². The monoisotopic (exact) mass is 240 g/mol. The molecule has 4 nitrogen and oxygen atoms in total. The molecule has 1 fully saturated rings. The van der Waals surface area contributed by atoms with E-state index in [-0.39, 0.29) is 12.0 Å². The summed E-state index contributed by atoms with van der Waals surface area (Å²) in [4.78, 5) is 15.8. The fourth-order valence-corrected chi connectivity index (χ4v) is 2.36. The minimum absolute atomic E-state index is 0.0285. The van der Waals surface area contributed by atoms with E-state index in [1.165, 1.54) is 0 Å². The van der Waals surface area contributed by atoms with Gasteiger partial charge in [0.05, 0.1) is 23.2 Å². The number of hydrogen-bond acceptors (Lipinski definition) is 4. The molecule has 1 amide bonds. The normalized spacial score (nSPS) is 19.9. The molecule has 1 aromatic heterocycles. The van der Waals surface area contributed by atoms with Gasteiger partial charge in [-0.1, -0.05) is 0 Å². The van der Waals surface area contributed by atoms with E-state index in [0.29, 0.717) is 13.0 Å². The second-order valence-electron chi connectivity index (χ2n) is 3.97. The highest BCUT2D eigenvalue weighted by molar-refractivity contribution is 7.09. The number of carbonyl (C=O) groups excluding carboxylic acids is 1. The lowest BCUT2D eigenvalue weighted by atomic mass is 10.2. The quantitative estimate of drug-likeness (QED) is 0.862. The average molecular weight is 240 g/mol. The smallest absolute Gasteiger partial charge is 0.226 e. The molecule has 0 spiro atoms. The maximum Gasteiger partial charge on any atom is 0.226 e. The van der Waals surface area contributed by atoms with E-state index in [0.717, 1.165) is 30.2 Å². The first kappa shape index (κ1) is 11.5. The second kappa shape index (κ2) is 5.41. The molecule has 1 atom stereocenters. The van der Waals surface area contributed by atoms with Crippen molar-refractivity contribution >= 4 is 17.2 Å². The van der Waals surface area contributed by atoms with Crippen LogP contribution in [0.1, 0.15) is 23.5 Å². The van der Waals surface area contributed by atoms with Crippen molar-refractivity contribution in [1.82, 2.24) is 10.3 Å². The molecule has 0 bridgehead atoms. The third-order valence-corrected chi connectivity index (χ3v) is 3.38. The minimum Gasteiger partial charge on any atom is -0.376 e. The van der Waals surface area contributed by atoms with Crippen molar-refractivity contribution in [3.63, 3.8) is 0 Å². The van der Waals surface area contributed by atoms with Crippen LogP contribution >= 0.6 is 11.3 Å². The summed E-state index contributed by atoms with van der Waals surface area (Å²) in [6, 6.07) is 0. The number of nitrogens with zero attached hydrogens (tertiary/aromatic N) is 1. The number of aryl methyl sites for hydroxylation is 1. The Labute approximate surface area is 99.0 Å². The van der Waals surface area contributed by atoms with Gasteiger partial charge < -0.3 is 10.1 Å². The number of thiazole rings is 1. The van der Waals surface area contributed by atoms with Crippen molar-refractivity contribution in [3.05, 3.63) is 16.1 Å². The van der Waals surface area contributed by atoms with Gasteiger partial charge >= 0.3 is 0 Å². The number of aromatic nitrogens is 1. The minimum atomic E-state index is 0.0285. The highest BCUT2D eigenvalue weighted by Crippen LogP contribution is 2.11. The molecule has 88 valence electrons. The summed E-state index contributed by atoms with van der Waals surface area (Å²) < 4.78 is 5.43. The summed E-state index contributed by atoms with van der Waals surface area (Å²) in [5, 5.41) is 5.82. The Morgan fingerprint density at radius 1 is 1.75 bits per heavy atom. The summed E-state index contributed by atoms with van der Waals surface area (Å²) in [6.07, 6.45) is 2.74. The van der Waals surface area contributed by atoms with E-state index in [2.05, 4.69) is 10.3 Å². The van der Waals surface area contributed by atoms with Crippen LogP contribution in [0.2, 0.25) is 0 Å². The van der Waals surface area contributed by atoms with Gasteiger partial charge in [-0.25, -0.2) is 4.98 Å². The molecule has 5 heteroatoms. The lowest BCUT2D eigenvalue weighted by Gasteiger charge is -2.09. The molecule has 2 rings (SSSR count). The van der Waals surface area contributed by atoms with Crippen molar-refractivity contribution in [2.24, 2.45) is 0 Å². The Morgan fingerprint density at radius 2 is 2.62 bits per heavy atom. The SMILES string of the molecule is Cc1nc(CC(=O)NC[C@@H]2CCCO2)cs1. The molecule has 1 aliphatic rings. The van der Waals surface area contributed by atoms with Crippen LogP contribution in [0.4, 0.5) is 0 Å². The maximum absolute atomic E-state index is 11.6. The van der Waals surface area contributed by atoms with Gasteiger partial charge in [0.1, 0.15) is 0 Å². The first-order valence-corrected chi connectivity index (χ1v) is 6.41. The van der Waals surface area contributed by atoms with Gasteiger partial charge in [-0.2, -0.15) is 0 Å². The Bertz CT molecular complexity index is 359. The van der Waals surface area contributed by atoms with Crippen LogP contribution in [0.5, 0.6) is 0 Å². The fraction of sp³-hybridized carbons (Fsp3) is 0.636. The predicted octanol–water partition coefficient (Wildman–Crippen LogP) is 1.29. The summed E-state index contributed by atoms with van der Waals surface area (Å²) in [7, 11) is 0. The summed E-state index contributed by atoms with van der Waals surface area (Å²) in [6.45, 7) is 3.40. The number of rotatable bonds is 4. The van der Waals surface area contributed by atoms with E-state index in [1.54, 1.807) is 11.3 Å². The fourth-order valence-electron chi connectivity index (χ4n) is 1.75. The topological polar surface area (TPSA) is 51.2 Å². The maximum atomic E-state index is 11.6. The molecule has 1 aliphatic heterocycles. The Morgan fingerprint density at radius 3 is 3.25 bits per heavy atom. The van der Waals surface area contributed by atoms with Crippen LogP contribution in [0.15, 0.2) is 5.38 Å². The van der Waals surface area contributed by atoms with Crippen LogP contribution < -0.4 is 5.32 Å². The molecule has 0 aliphatic carbocycles. The zero-order valence-electron chi connectivity index (χ0n) is 9.36. The van der Waals surface area contributed by atoms with E-state index < -0.39 is 0 Å². The first-order valence-electron chi connectivity index (χ1n) is 5.53. The number of hydrogen-bond donors (Lipinski definition) is 1. The molecule has 0 radical (unpaired) electrons. The van der Waals surface area contributed by atoms with Crippen LogP contribution in [0.25, 0.3) is 0 Å². The average Bonchev–Trinajstić information content (AvgIpc) is 2.87. The lowest BCUT2D eigenvalue weighted by molar-refractivity contribution is -0.121. The largest absolute Gasteiger partial charge is 0.376 e. The molecule has 0 unspecified atom stereocenters. The van der Waals surface area contributed by atoms with Gasteiger partial charge in [-0.15, -0.1) is 11.3 Å². The van der Waals surface area contributed by atoms with E-state index in [9.17, 15) is 4.79 Å². The van der Waals surface area contributed by atoms with Gasteiger partial charge in [-0.05, 0) is 19.8 Å². The van der Waals surface area contributed by atoms with Crippen LogP contribution in [-0.2, 0) is 16.0 Å². The predicted molar refractivity (Wildman–Crippen MR) is 62.5 cm³/mol. The number of carbonyl (C=O) groups is 1. The molecule has 1 N–H and O–H groups in total. The lowest BCUT2D eigenvalue weighted by Crippen LogP contribution is -2.32. The molecule has 1 saturated heterocycles. The molecule has 2 heterocycles. The molecular weight excluding hydrogens is 224 g/mol. The number of ether oxygens (including phenoxy) is 1. The van der Waals surface area contributed by atoms with Crippen molar-refractivity contribution < 1.29 is 9.53 Å². The van der Waals surface area contributed by atoms with Crippen molar-refractivity contribution in [3.8, 4) is 0 Å². The zero-order valence-corrected chi connectivity index (χ0v) is 10.2. The second-order valence-corrected chi connectivity index (χ2v) is 5.04. The van der Waals surface area contributed by atoms with Crippen LogP contribution in [-0.4, -0.2) is 30.1 Å². The molecule has 16 heavy (non-hydrogen) atoms. The highest BCUT2D eigenvalue weighted by Gasteiger charge is 2.16. The van der Waals surface area contributed by atoms with Crippen molar-refractivity contribution in [2.45, 2.75) is 32.3 Å². The summed E-state index contributed by atoms with van der Waals surface area (Å²) in [5.74, 6) is 0.0285. The van der Waals surface area contributed by atoms with Gasteiger partial charge in [0.25, 0.3) is 0 Å². The Hall–Kier alpha value is -0.940. The van der Waals surface area contributed by atoms with E-state index >= 15 is 0 Å².